The summed E-state index contributed by atoms with van der Waals surface area (Å²) in [6, 6.07) is 4.10. The van der Waals surface area contributed by atoms with Gasteiger partial charge in [0.15, 0.2) is 0 Å². The molecule has 0 saturated heterocycles. The van der Waals surface area contributed by atoms with Gasteiger partial charge in [-0.2, -0.15) is 5.26 Å². The molecule has 1 aliphatic carbocycles. The maximum atomic E-state index is 10.6. The summed E-state index contributed by atoms with van der Waals surface area (Å²) in [4.78, 5) is 8.33. The van der Waals surface area contributed by atoms with E-state index >= 15 is 0 Å². The van der Waals surface area contributed by atoms with Crippen LogP contribution >= 0.6 is 0 Å². The third-order valence-electron chi connectivity index (χ3n) is 4.69. The van der Waals surface area contributed by atoms with Gasteiger partial charge in [0.25, 0.3) is 0 Å². The highest BCUT2D eigenvalue weighted by atomic mass is 16.3. The van der Waals surface area contributed by atoms with Gasteiger partial charge in [-0.05, 0) is 50.5 Å². The number of aliphatic hydroxyl groups is 1. The predicted octanol–water partition coefficient (Wildman–Crippen LogP) is 3.17. The van der Waals surface area contributed by atoms with Gasteiger partial charge in [-0.1, -0.05) is 13.8 Å². The molecule has 0 spiro atoms. The van der Waals surface area contributed by atoms with E-state index in [4.69, 9.17) is 0 Å². The molecule has 1 atom stereocenters. The number of nitriles is 1. The Labute approximate surface area is 120 Å². The fourth-order valence-corrected chi connectivity index (χ4v) is 3.18. The molecular weight excluding hydrogens is 250 g/mol. The van der Waals surface area contributed by atoms with E-state index in [0.717, 1.165) is 25.7 Å². The lowest BCUT2D eigenvalue weighted by Crippen LogP contribution is -2.34. The van der Waals surface area contributed by atoms with Crippen molar-refractivity contribution in [3.63, 3.8) is 0 Å². The van der Waals surface area contributed by atoms with Crippen LogP contribution in [0.15, 0.2) is 12.3 Å². The minimum atomic E-state index is -0.817. The molecule has 0 radical (unpaired) electrons. The van der Waals surface area contributed by atoms with Gasteiger partial charge >= 0.3 is 0 Å². The summed E-state index contributed by atoms with van der Waals surface area (Å²) in [7, 11) is 0. The maximum absolute atomic E-state index is 10.6. The summed E-state index contributed by atoms with van der Waals surface area (Å²) in [6.07, 6.45) is 4.33. The van der Waals surface area contributed by atoms with E-state index in [1.165, 1.54) is 0 Å². The molecule has 1 aliphatic rings. The molecule has 0 aromatic carbocycles. The van der Waals surface area contributed by atoms with E-state index in [2.05, 4.69) is 29.9 Å². The van der Waals surface area contributed by atoms with Crippen molar-refractivity contribution in [2.24, 2.45) is 17.3 Å². The number of aliphatic hydroxyl groups excluding tert-OH is 1. The molecular formula is C16H23N3O. The highest BCUT2D eigenvalue weighted by Gasteiger charge is 2.43. The quantitative estimate of drug-likeness (QED) is 0.918. The van der Waals surface area contributed by atoms with E-state index in [0.29, 0.717) is 23.4 Å². The van der Waals surface area contributed by atoms with E-state index in [-0.39, 0.29) is 0 Å². The first-order valence-electron chi connectivity index (χ1n) is 7.37. The summed E-state index contributed by atoms with van der Waals surface area (Å²) >= 11 is 0. The molecule has 1 aromatic rings. The molecule has 1 aromatic heterocycles. The number of rotatable bonds is 3. The number of hydrogen-bond acceptors (Lipinski definition) is 4. The lowest BCUT2D eigenvalue weighted by Gasteiger charge is -2.39. The zero-order valence-corrected chi connectivity index (χ0v) is 12.5. The van der Waals surface area contributed by atoms with Crippen molar-refractivity contribution in [1.82, 2.24) is 9.97 Å². The van der Waals surface area contributed by atoms with Crippen molar-refractivity contribution in [3.8, 4) is 6.07 Å². The van der Waals surface area contributed by atoms with Crippen LogP contribution in [0.4, 0.5) is 0 Å². The van der Waals surface area contributed by atoms with Gasteiger partial charge in [-0.25, -0.2) is 9.97 Å². The minimum Gasteiger partial charge on any atom is -0.385 e. The van der Waals surface area contributed by atoms with Crippen LogP contribution in [-0.4, -0.2) is 15.1 Å². The van der Waals surface area contributed by atoms with Gasteiger partial charge in [0.1, 0.15) is 11.9 Å². The first kappa shape index (κ1) is 14.9. The molecule has 4 heteroatoms. The molecule has 1 heterocycles. The normalized spacial score (nSPS) is 28.1. The first-order chi connectivity index (χ1) is 9.48. The number of nitrogens with zero attached hydrogens (tertiary/aromatic N) is 3. The standard InChI is InChI=1S/C16H23N3O/c1-11(2)13-4-7-16(10-17,8-5-13)15(20)14-6-9-18-12(3)19-14/h6,9,11,13,15,20H,4-5,7-8H2,1-3H3. The minimum absolute atomic E-state index is 0.571. The Morgan fingerprint density at radius 2 is 2.05 bits per heavy atom. The second-order valence-corrected chi connectivity index (χ2v) is 6.28. The van der Waals surface area contributed by atoms with Crippen LogP contribution in [0.1, 0.15) is 57.2 Å². The Morgan fingerprint density at radius 1 is 1.40 bits per heavy atom. The van der Waals surface area contributed by atoms with Crippen molar-refractivity contribution in [2.45, 2.75) is 52.6 Å². The average Bonchev–Trinajstić information content (AvgIpc) is 2.46. The smallest absolute Gasteiger partial charge is 0.125 e. The molecule has 1 saturated carbocycles. The van der Waals surface area contributed by atoms with Crippen LogP contribution in [-0.2, 0) is 0 Å². The van der Waals surface area contributed by atoms with Crippen molar-refractivity contribution >= 4 is 0 Å². The Kier molecular flexibility index (Phi) is 4.39. The van der Waals surface area contributed by atoms with Gasteiger partial charge in [-0.15, -0.1) is 0 Å². The highest BCUT2D eigenvalue weighted by Crippen LogP contribution is 2.48. The zero-order chi connectivity index (χ0) is 14.8. The molecule has 108 valence electrons. The topological polar surface area (TPSA) is 69.8 Å². The third kappa shape index (κ3) is 2.83. The molecule has 0 bridgehead atoms. The largest absolute Gasteiger partial charge is 0.385 e. The average molecular weight is 273 g/mol. The van der Waals surface area contributed by atoms with Gasteiger partial charge < -0.3 is 5.11 Å². The van der Waals surface area contributed by atoms with Gasteiger partial charge in [0.05, 0.1) is 17.2 Å². The summed E-state index contributed by atoms with van der Waals surface area (Å²) in [5.74, 6) is 1.94. The van der Waals surface area contributed by atoms with Crippen LogP contribution in [0.2, 0.25) is 0 Å². The summed E-state index contributed by atoms with van der Waals surface area (Å²) in [5.41, 5.74) is -0.117. The van der Waals surface area contributed by atoms with Crippen LogP contribution in [0.25, 0.3) is 0 Å². The lowest BCUT2D eigenvalue weighted by molar-refractivity contribution is 0.0161. The Balaban J connectivity index is 2.19. The number of aryl methyl sites for hydroxylation is 1. The molecule has 1 unspecified atom stereocenters. The van der Waals surface area contributed by atoms with Crippen molar-refractivity contribution < 1.29 is 5.11 Å². The molecule has 1 fully saturated rings. The fourth-order valence-electron chi connectivity index (χ4n) is 3.18. The first-order valence-corrected chi connectivity index (χ1v) is 7.37. The lowest BCUT2D eigenvalue weighted by atomic mass is 9.65. The Bertz CT molecular complexity index is 499. The molecule has 2 rings (SSSR count). The second kappa shape index (κ2) is 5.88. The Hall–Kier alpha value is -1.47. The van der Waals surface area contributed by atoms with Crippen LogP contribution in [0.5, 0.6) is 0 Å². The summed E-state index contributed by atoms with van der Waals surface area (Å²) < 4.78 is 0. The van der Waals surface area contributed by atoms with E-state index < -0.39 is 11.5 Å². The van der Waals surface area contributed by atoms with E-state index in [9.17, 15) is 10.4 Å². The third-order valence-corrected chi connectivity index (χ3v) is 4.69. The van der Waals surface area contributed by atoms with Gasteiger partial charge in [0, 0.05) is 6.20 Å². The van der Waals surface area contributed by atoms with Crippen LogP contribution < -0.4 is 0 Å². The number of aromatic nitrogens is 2. The molecule has 0 amide bonds. The predicted molar refractivity (Wildman–Crippen MR) is 76.6 cm³/mol. The van der Waals surface area contributed by atoms with Crippen molar-refractivity contribution in [3.05, 3.63) is 23.8 Å². The zero-order valence-electron chi connectivity index (χ0n) is 12.5. The Morgan fingerprint density at radius 3 is 2.55 bits per heavy atom. The summed E-state index contributed by atoms with van der Waals surface area (Å²) in [5, 5.41) is 20.2. The monoisotopic (exact) mass is 273 g/mol. The second-order valence-electron chi connectivity index (χ2n) is 6.28. The molecule has 1 N–H and O–H groups in total. The van der Waals surface area contributed by atoms with Crippen molar-refractivity contribution in [1.29, 1.82) is 5.26 Å². The summed E-state index contributed by atoms with van der Waals surface area (Å²) in [6.45, 7) is 6.26. The fraction of sp³-hybridized carbons (Fsp3) is 0.688. The highest BCUT2D eigenvalue weighted by molar-refractivity contribution is 5.16. The maximum Gasteiger partial charge on any atom is 0.125 e. The van der Waals surface area contributed by atoms with Crippen LogP contribution in [0, 0.1) is 35.5 Å². The molecule has 0 aliphatic heterocycles. The van der Waals surface area contributed by atoms with E-state index in [1.54, 1.807) is 19.2 Å². The van der Waals surface area contributed by atoms with Gasteiger partial charge in [0.2, 0.25) is 0 Å². The SMILES string of the molecule is Cc1nccc(C(O)C2(C#N)CCC(C(C)C)CC2)n1. The van der Waals surface area contributed by atoms with Crippen LogP contribution in [0.3, 0.4) is 0 Å². The number of hydrogen-bond donors (Lipinski definition) is 1. The molecule has 20 heavy (non-hydrogen) atoms. The van der Waals surface area contributed by atoms with Gasteiger partial charge in [-0.3, -0.25) is 0 Å². The van der Waals surface area contributed by atoms with E-state index in [1.807, 2.05) is 0 Å². The molecule has 4 nitrogen and oxygen atoms in total. The van der Waals surface area contributed by atoms with Crippen molar-refractivity contribution in [2.75, 3.05) is 0 Å².